The predicted molar refractivity (Wildman–Crippen MR) is 82.5 cm³/mol. The highest BCUT2D eigenvalue weighted by atomic mass is 32.1. The van der Waals surface area contributed by atoms with Crippen molar-refractivity contribution in [1.29, 1.82) is 0 Å². The highest BCUT2D eigenvalue weighted by Gasteiger charge is 2.33. The van der Waals surface area contributed by atoms with Crippen molar-refractivity contribution >= 4 is 17.3 Å². The number of aromatic nitrogens is 3. The van der Waals surface area contributed by atoms with Crippen LogP contribution >= 0.6 is 11.3 Å². The fourth-order valence-corrected chi connectivity index (χ4v) is 2.69. The van der Waals surface area contributed by atoms with E-state index in [1.54, 1.807) is 0 Å². The molecule has 0 radical (unpaired) electrons. The van der Waals surface area contributed by atoms with E-state index in [1.807, 2.05) is 0 Å². The van der Waals surface area contributed by atoms with Crippen LogP contribution in [0.25, 0.3) is 0 Å². The third kappa shape index (κ3) is 5.37. The monoisotopic (exact) mass is 382 g/mol. The summed E-state index contributed by atoms with van der Waals surface area (Å²) in [4.78, 5) is 11.2. The third-order valence-electron chi connectivity index (χ3n) is 3.07. The molecule has 12 heteroatoms. The number of rotatable bonds is 6. The molecule has 0 unspecified atom stereocenters. The molecule has 0 saturated carbocycles. The van der Waals surface area contributed by atoms with Gasteiger partial charge in [0, 0.05) is 37.8 Å². The van der Waals surface area contributed by atoms with Gasteiger partial charge in [0.1, 0.15) is 5.82 Å². The molecule has 0 aliphatic heterocycles. The number of nitrogens with one attached hydrogen (secondary N) is 2. The number of guanidine groups is 1. The Hall–Kier alpha value is -2.24. The van der Waals surface area contributed by atoms with Crippen molar-refractivity contribution in [3.05, 3.63) is 34.3 Å². The van der Waals surface area contributed by atoms with Gasteiger partial charge in [-0.05, 0) is 0 Å². The van der Waals surface area contributed by atoms with Crippen LogP contribution in [0.4, 0.5) is 22.0 Å². The van der Waals surface area contributed by atoms with Gasteiger partial charge < -0.3 is 10.6 Å². The van der Waals surface area contributed by atoms with Crippen LogP contribution in [0.3, 0.4) is 0 Å². The van der Waals surface area contributed by atoms with Crippen LogP contribution in [0, 0.1) is 0 Å². The zero-order chi connectivity index (χ0) is 18.4. The van der Waals surface area contributed by atoms with Gasteiger partial charge in [0.15, 0.2) is 11.7 Å². The summed E-state index contributed by atoms with van der Waals surface area (Å²) in [6, 6.07) is 0. The van der Waals surface area contributed by atoms with Gasteiger partial charge in [0.05, 0.1) is 11.6 Å². The number of nitrogens with zero attached hydrogens (tertiary/aromatic N) is 4. The first-order chi connectivity index (χ1) is 11.8. The van der Waals surface area contributed by atoms with Crippen molar-refractivity contribution in [3.8, 4) is 0 Å². The molecule has 0 bridgehead atoms. The summed E-state index contributed by atoms with van der Waals surface area (Å²) in [5, 5.41) is 6.99. The summed E-state index contributed by atoms with van der Waals surface area (Å²) in [7, 11) is 1.49. The van der Waals surface area contributed by atoms with Crippen LogP contribution < -0.4 is 10.6 Å². The van der Waals surface area contributed by atoms with E-state index in [2.05, 4.69) is 25.6 Å². The maximum atomic E-state index is 12.7. The first-order valence-electron chi connectivity index (χ1n) is 7.07. The number of hydrogen-bond donors (Lipinski definition) is 2. The van der Waals surface area contributed by atoms with Crippen LogP contribution in [0.5, 0.6) is 0 Å². The van der Waals surface area contributed by atoms with E-state index in [4.69, 9.17) is 0 Å². The smallest absolute Gasteiger partial charge is 0.356 e. The summed E-state index contributed by atoms with van der Waals surface area (Å²) in [6.45, 7) is -2.39. The second kappa shape index (κ2) is 8.23. The lowest BCUT2D eigenvalue weighted by Gasteiger charge is -2.12. The zero-order valence-electron chi connectivity index (χ0n) is 13.0. The minimum atomic E-state index is -4.45. The SMILES string of the molecule is CN=C(NCCc1nc(C(F)(F)F)cs1)NCc1nccn1C(F)F. The zero-order valence-corrected chi connectivity index (χ0v) is 13.8. The van der Waals surface area contributed by atoms with Gasteiger partial charge >= 0.3 is 12.7 Å². The molecule has 0 spiro atoms. The number of halogens is 5. The fourth-order valence-electron chi connectivity index (χ4n) is 1.89. The Morgan fingerprint density at radius 3 is 2.72 bits per heavy atom. The number of imidazole rings is 1. The van der Waals surface area contributed by atoms with E-state index in [0.29, 0.717) is 15.5 Å². The van der Waals surface area contributed by atoms with Gasteiger partial charge in [0.2, 0.25) is 0 Å². The molecule has 0 fully saturated rings. The Balaban J connectivity index is 1.81. The Morgan fingerprint density at radius 1 is 1.36 bits per heavy atom. The summed E-state index contributed by atoms with van der Waals surface area (Å²) in [6.07, 6.45) is -1.75. The number of alkyl halides is 5. The minimum absolute atomic E-state index is 0.0203. The van der Waals surface area contributed by atoms with E-state index in [-0.39, 0.29) is 25.3 Å². The molecule has 0 amide bonds. The Morgan fingerprint density at radius 2 is 2.12 bits per heavy atom. The molecular weight excluding hydrogens is 367 g/mol. The molecule has 0 atom stereocenters. The Labute approximate surface area is 143 Å². The van der Waals surface area contributed by atoms with E-state index in [9.17, 15) is 22.0 Å². The molecule has 2 aromatic rings. The van der Waals surface area contributed by atoms with Crippen LogP contribution in [0.1, 0.15) is 23.1 Å². The van der Waals surface area contributed by atoms with Crippen molar-refractivity contribution in [1.82, 2.24) is 25.2 Å². The van der Waals surface area contributed by atoms with Crippen LogP contribution in [0.2, 0.25) is 0 Å². The standard InChI is InChI=1S/C13H15F5N6S/c1-19-12(22-6-9-20-4-5-24(9)11(14)15)21-3-2-10-23-8(7-25-10)13(16,17)18/h4-5,7,11H,2-3,6H2,1H3,(H2,19,21,22). The van der Waals surface area contributed by atoms with Crippen LogP contribution in [-0.2, 0) is 19.1 Å². The molecule has 25 heavy (non-hydrogen) atoms. The fraction of sp³-hybridized carbons (Fsp3) is 0.462. The van der Waals surface area contributed by atoms with Crippen molar-refractivity contribution < 1.29 is 22.0 Å². The average molecular weight is 382 g/mol. The van der Waals surface area contributed by atoms with Gasteiger partial charge in [-0.25, -0.2) is 9.97 Å². The maximum Gasteiger partial charge on any atom is 0.434 e. The predicted octanol–water partition coefficient (Wildman–Crippen LogP) is 2.66. The van der Waals surface area contributed by atoms with Crippen molar-refractivity contribution in [2.24, 2.45) is 4.99 Å². The topological polar surface area (TPSA) is 67.1 Å². The molecule has 2 heterocycles. The molecule has 6 nitrogen and oxygen atoms in total. The molecular formula is C13H15F5N6S. The first-order valence-corrected chi connectivity index (χ1v) is 7.95. The maximum absolute atomic E-state index is 12.7. The number of hydrogen-bond acceptors (Lipinski definition) is 4. The lowest BCUT2D eigenvalue weighted by molar-refractivity contribution is -0.140. The summed E-state index contributed by atoms with van der Waals surface area (Å²) < 4.78 is 63.5. The van der Waals surface area contributed by atoms with E-state index in [1.165, 1.54) is 19.4 Å². The molecule has 0 aliphatic carbocycles. The van der Waals surface area contributed by atoms with Crippen LogP contribution in [0.15, 0.2) is 22.8 Å². The van der Waals surface area contributed by atoms with Gasteiger partial charge in [0.25, 0.3) is 0 Å². The van der Waals surface area contributed by atoms with E-state index in [0.717, 1.165) is 16.7 Å². The van der Waals surface area contributed by atoms with Gasteiger partial charge in [-0.3, -0.25) is 9.56 Å². The van der Waals surface area contributed by atoms with Crippen molar-refractivity contribution in [2.75, 3.05) is 13.6 Å². The van der Waals surface area contributed by atoms with Gasteiger partial charge in [-0.15, -0.1) is 11.3 Å². The number of thiazole rings is 1. The average Bonchev–Trinajstić information content (AvgIpc) is 3.19. The van der Waals surface area contributed by atoms with Crippen molar-refractivity contribution in [3.63, 3.8) is 0 Å². The normalized spacial score (nSPS) is 12.7. The summed E-state index contributed by atoms with van der Waals surface area (Å²) in [5.74, 6) is 0.448. The molecule has 0 saturated heterocycles. The molecule has 2 aromatic heterocycles. The molecule has 138 valence electrons. The first kappa shape index (κ1) is 19.1. The Bertz CT molecular complexity index is 708. The molecule has 2 N–H and O–H groups in total. The molecule has 0 aromatic carbocycles. The second-order valence-corrected chi connectivity index (χ2v) is 5.70. The summed E-state index contributed by atoms with van der Waals surface area (Å²) in [5.41, 5.74) is -0.908. The number of aliphatic imine (C=N–C) groups is 1. The minimum Gasteiger partial charge on any atom is -0.356 e. The summed E-state index contributed by atoms with van der Waals surface area (Å²) >= 11 is 0.924. The van der Waals surface area contributed by atoms with Gasteiger partial charge in [-0.1, -0.05) is 0 Å². The Kier molecular flexibility index (Phi) is 6.28. The largest absolute Gasteiger partial charge is 0.434 e. The second-order valence-electron chi connectivity index (χ2n) is 4.76. The van der Waals surface area contributed by atoms with Crippen LogP contribution in [-0.4, -0.2) is 34.1 Å². The highest BCUT2D eigenvalue weighted by molar-refractivity contribution is 7.09. The van der Waals surface area contributed by atoms with E-state index >= 15 is 0 Å². The molecule has 0 aliphatic rings. The third-order valence-corrected chi connectivity index (χ3v) is 3.98. The highest BCUT2D eigenvalue weighted by Crippen LogP contribution is 2.29. The van der Waals surface area contributed by atoms with Crippen molar-refractivity contribution in [2.45, 2.75) is 25.7 Å². The molecule has 2 rings (SSSR count). The van der Waals surface area contributed by atoms with E-state index < -0.39 is 18.4 Å². The lowest BCUT2D eigenvalue weighted by Crippen LogP contribution is -2.38. The lowest BCUT2D eigenvalue weighted by atomic mass is 10.4. The van der Waals surface area contributed by atoms with Gasteiger partial charge in [-0.2, -0.15) is 22.0 Å². The quantitative estimate of drug-likeness (QED) is 0.458.